The second kappa shape index (κ2) is 8.29. The van der Waals surface area contributed by atoms with Crippen LogP contribution in [0.3, 0.4) is 0 Å². The summed E-state index contributed by atoms with van der Waals surface area (Å²) in [6, 6.07) is 9.16. The van der Waals surface area contributed by atoms with Gasteiger partial charge in [0.2, 0.25) is 15.9 Å². The van der Waals surface area contributed by atoms with E-state index >= 15 is 0 Å². The van der Waals surface area contributed by atoms with Gasteiger partial charge >= 0.3 is 0 Å². The van der Waals surface area contributed by atoms with Gasteiger partial charge in [0.05, 0.1) is 17.8 Å². The summed E-state index contributed by atoms with van der Waals surface area (Å²) in [7, 11) is -6.47. The van der Waals surface area contributed by atoms with Crippen LogP contribution < -0.4 is 5.32 Å². The van der Waals surface area contributed by atoms with Crippen molar-refractivity contribution in [1.29, 1.82) is 0 Å². The van der Waals surface area contributed by atoms with Crippen LogP contribution in [0.2, 0.25) is 0 Å². The van der Waals surface area contributed by atoms with Crippen molar-refractivity contribution in [2.75, 3.05) is 30.9 Å². The number of hydrogen-bond donors (Lipinski definition) is 1. The Labute approximate surface area is 149 Å². The first-order valence-corrected chi connectivity index (χ1v) is 11.8. The molecule has 0 bridgehead atoms. The monoisotopic (exact) mass is 388 g/mol. The Kier molecular flexibility index (Phi) is 6.59. The van der Waals surface area contributed by atoms with E-state index < -0.39 is 19.9 Å². The third-order valence-corrected chi connectivity index (χ3v) is 7.22. The van der Waals surface area contributed by atoms with Crippen LogP contribution in [-0.2, 0) is 31.1 Å². The lowest BCUT2D eigenvalue weighted by molar-refractivity contribution is -0.121. The van der Waals surface area contributed by atoms with E-state index in [-0.39, 0.29) is 36.4 Å². The molecule has 0 aliphatic carbocycles. The number of nitrogens with zero attached hydrogens (tertiary/aromatic N) is 1. The number of benzene rings is 1. The van der Waals surface area contributed by atoms with Crippen LogP contribution in [-0.4, -0.2) is 63.9 Å². The van der Waals surface area contributed by atoms with Crippen molar-refractivity contribution in [2.24, 2.45) is 0 Å². The third-order valence-electron chi connectivity index (χ3n) is 4.15. The molecule has 9 heteroatoms. The number of sulfone groups is 1. The SMILES string of the molecule is CS(=O)(=O)N(CCC(=O)NC1CCS(=O)(=O)C1)CCc1ccccc1. The molecule has 1 saturated heterocycles. The predicted molar refractivity (Wildman–Crippen MR) is 96.4 cm³/mol. The summed E-state index contributed by atoms with van der Waals surface area (Å²) < 4.78 is 47.9. The van der Waals surface area contributed by atoms with Crippen LogP contribution in [0.15, 0.2) is 30.3 Å². The molecule has 7 nitrogen and oxygen atoms in total. The van der Waals surface area contributed by atoms with Crippen LogP contribution >= 0.6 is 0 Å². The number of carbonyl (C=O) groups is 1. The summed E-state index contributed by atoms with van der Waals surface area (Å²) in [6.07, 6.45) is 2.12. The highest BCUT2D eigenvalue weighted by molar-refractivity contribution is 7.91. The molecular weight excluding hydrogens is 364 g/mol. The minimum Gasteiger partial charge on any atom is -0.352 e. The van der Waals surface area contributed by atoms with E-state index in [1.807, 2.05) is 30.3 Å². The first kappa shape index (κ1) is 19.9. The van der Waals surface area contributed by atoms with Crippen LogP contribution in [0.1, 0.15) is 18.4 Å². The van der Waals surface area contributed by atoms with Crippen molar-refractivity contribution in [3.05, 3.63) is 35.9 Å². The maximum absolute atomic E-state index is 12.0. The normalized spacial score (nSPS) is 19.8. The number of nitrogens with one attached hydrogen (secondary N) is 1. The van der Waals surface area contributed by atoms with E-state index in [4.69, 9.17) is 0 Å². The van der Waals surface area contributed by atoms with E-state index in [0.29, 0.717) is 19.4 Å². The Morgan fingerprint density at radius 2 is 1.92 bits per heavy atom. The summed E-state index contributed by atoms with van der Waals surface area (Å²) in [5.74, 6) is -0.275. The predicted octanol–water partition coefficient (Wildman–Crippen LogP) is 0.184. The molecule has 2 rings (SSSR count). The fourth-order valence-electron chi connectivity index (χ4n) is 2.78. The van der Waals surface area contributed by atoms with Crippen LogP contribution in [0.5, 0.6) is 0 Å². The molecule has 1 heterocycles. The zero-order chi connectivity index (χ0) is 18.5. The molecule has 1 fully saturated rings. The average molecular weight is 389 g/mol. The molecule has 1 N–H and O–H groups in total. The zero-order valence-electron chi connectivity index (χ0n) is 14.2. The van der Waals surface area contributed by atoms with Crippen molar-refractivity contribution in [2.45, 2.75) is 25.3 Å². The molecule has 1 aromatic carbocycles. The van der Waals surface area contributed by atoms with Gasteiger partial charge in [0.15, 0.2) is 9.84 Å². The largest absolute Gasteiger partial charge is 0.352 e. The summed E-state index contributed by atoms with van der Waals surface area (Å²) in [6.45, 7) is 0.380. The van der Waals surface area contributed by atoms with Gasteiger partial charge in [0.25, 0.3) is 0 Å². The van der Waals surface area contributed by atoms with Gasteiger partial charge in [0.1, 0.15) is 0 Å². The smallest absolute Gasteiger partial charge is 0.221 e. The van der Waals surface area contributed by atoms with Crippen LogP contribution in [0.4, 0.5) is 0 Å². The highest BCUT2D eigenvalue weighted by Gasteiger charge is 2.29. The molecule has 1 atom stereocenters. The highest BCUT2D eigenvalue weighted by atomic mass is 32.2. The number of hydrogen-bond acceptors (Lipinski definition) is 5. The lowest BCUT2D eigenvalue weighted by atomic mass is 10.1. The van der Waals surface area contributed by atoms with Crippen molar-refractivity contribution < 1.29 is 21.6 Å². The molecule has 1 aliphatic heterocycles. The van der Waals surface area contributed by atoms with Crippen molar-refractivity contribution in [1.82, 2.24) is 9.62 Å². The first-order chi connectivity index (χ1) is 11.7. The molecule has 0 spiro atoms. The Morgan fingerprint density at radius 3 is 2.48 bits per heavy atom. The Bertz CT molecular complexity index is 791. The van der Waals surface area contributed by atoms with Gasteiger partial charge in [0, 0.05) is 25.6 Å². The van der Waals surface area contributed by atoms with Gasteiger partial charge in [-0.15, -0.1) is 0 Å². The quantitative estimate of drug-likeness (QED) is 0.685. The zero-order valence-corrected chi connectivity index (χ0v) is 15.9. The number of amides is 1. The molecule has 0 radical (unpaired) electrons. The number of rotatable bonds is 8. The topological polar surface area (TPSA) is 101 Å². The van der Waals surface area contributed by atoms with Gasteiger partial charge < -0.3 is 5.32 Å². The summed E-state index contributed by atoms with van der Waals surface area (Å²) >= 11 is 0. The highest BCUT2D eigenvalue weighted by Crippen LogP contribution is 2.11. The van der Waals surface area contributed by atoms with Gasteiger partial charge in [-0.3, -0.25) is 4.79 Å². The van der Waals surface area contributed by atoms with E-state index in [9.17, 15) is 21.6 Å². The molecule has 1 aromatic rings. The van der Waals surface area contributed by atoms with Gasteiger partial charge in [-0.1, -0.05) is 30.3 Å². The van der Waals surface area contributed by atoms with E-state index in [1.54, 1.807) is 0 Å². The lowest BCUT2D eigenvalue weighted by Crippen LogP contribution is -2.39. The van der Waals surface area contributed by atoms with Crippen LogP contribution in [0, 0.1) is 0 Å². The van der Waals surface area contributed by atoms with E-state index in [1.165, 1.54) is 4.31 Å². The number of carbonyl (C=O) groups excluding carboxylic acids is 1. The molecule has 0 saturated carbocycles. The van der Waals surface area contributed by atoms with Gasteiger partial charge in [-0.25, -0.2) is 21.1 Å². The second-order valence-corrected chi connectivity index (χ2v) is 10.5. The van der Waals surface area contributed by atoms with E-state index in [0.717, 1.165) is 11.8 Å². The molecule has 1 aliphatic rings. The summed E-state index contributed by atoms with van der Waals surface area (Å²) in [4.78, 5) is 12.0. The molecule has 25 heavy (non-hydrogen) atoms. The summed E-state index contributed by atoms with van der Waals surface area (Å²) in [5.41, 5.74) is 1.02. The average Bonchev–Trinajstić information content (AvgIpc) is 2.85. The van der Waals surface area contributed by atoms with Crippen molar-refractivity contribution in [3.63, 3.8) is 0 Å². The minimum atomic E-state index is -3.42. The van der Waals surface area contributed by atoms with Crippen molar-refractivity contribution >= 4 is 25.8 Å². The van der Waals surface area contributed by atoms with E-state index in [2.05, 4.69) is 5.32 Å². The van der Waals surface area contributed by atoms with Gasteiger partial charge in [-0.2, -0.15) is 0 Å². The Balaban J connectivity index is 1.84. The lowest BCUT2D eigenvalue weighted by Gasteiger charge is -2.20. The third kappa shape index (κ3) is 6.75. The molecule has 0 aromatic heterocycles. The first-order valence-electron chi connectivity index (χ1n) is 8.14. The fourth-order valence-corrected chi connectivity index (χ4v) is 5.30. The number of sulfonamides is 1. The van der Waals surface area contributed by atoms with Crippen molar-refractivity contribution in [3.8, 4) is 0 Å². The Hall–Kier alpha value is -1.45. The maximum Gasteiger partial charge on any atom is 0.221 e. The fraction of sp³-hybridized carbons (Fsp3) is 0.562. The van der Waals surface area contributed by atoms with Gasteiger partial charge in [-0.05, 0) is 18.4 Å². The molecule has 1 unspecified atom stereocenters. The van der Waals surface area contributed by atoms with Crippen LogP contribution in [0.25, 0.3) is 0 Å². The molecule has 1 amide bonds. The second-order valence-electron chi connectivity index (χ2n) is 6.32. The standard InChI is InChI=1S/C16H24N2O5S2/c1-24(20,21)18(10-7-14-5-3-2-4-6-14)11-8-16(19)17-15-9-12-25(22,23)13-15/h2-6,15H,7-13H2,1H3,(H,17,19). The molecule has 140 valence electrons. The minimum absolute atomic E-state index is 0.0123. The molecular formula is C16H24N2O5S2. The maximum atomic E-state index is 12.0. The Morgan fingerprint density at radius 1 is 1.24 bits per heavy atom. The summed E-state index contributed by atoms with van der Waals surface area (Å²) in [5, 5.41) is 2.68.